The Morgan fingerprint density at radius 1 is 1.19 bits per heavy atom. The Bertz CT molecular complexity index is 735. The standard InChI is InChI=1S/C15H12N2O3S/c18-15(19)16-10-5-7-11(8-6-10)20-9-14-17-12-3-1-2-4-13(12)21-14/h1-8,16H,9H2,(H,18,19). The van der Waals surface area contributed by atoms with Crippen molar-refractivity contribution >= 4 is 33.3 Å². The first-order chi connectivity index (χ1) is 10.2. The van der Waals surface area contributed by atoms with Crippen LogP contribution < -0.4 is 10.1 Å². The molecule has 3 rings (SSSR count). The average Bonchev–Trinajstić information content (AvgIpc) is 2.89. The highest BCUT2D eigenvalue weighted by atomic mass is 32.1. The van der Waals surface area contributed by atoms with Gasteiger partial charge in [-0.25, -0.2) is 9.78 Å². The zero-order valence-corrected chi connectivity index (χ0v) is 11.8. The molecule has 1 heterocycles. The lowest BCUT2D eigenvalue weighted by molar-refractivity contribution is 0.209. The molecule has 2 aromatic carbocycles. The fraction of sp³-hybridized carbons (Fsp3) is 0.0667. The van der Waals surface area contributed by atoms with Crippen molar-refractivity contribution in [2.45, 2.75) is 6.61 Å². The van der Waals surface area contributed by atoms with E-state index in [1.165, 1.54) is 0 Å². The van der Waals surface area contributed by atoms with Gasteiger partial charge in [0, 0.05) is 5.69 Å². The second kappa shape index (κ2) is 5.80. The number of carbonyl (C=O) groups is 1. The van der Waals surface area contributed by atoms with Gasteiger partial charge in [0.05, 0.1) is 10.2 Å². The highest BCUT2D eigenvalue weighted by Gasteiger charge is 2.04. The Hall–Kier alpha value is -2.60. The molecule has 6 heteroatoms. The molecule has 1 amide bonds. The first kappa shape index (κ1) is 13.4. The summed E-state index contributed by atoms with van der Waals surface area (Å²) in [6.07, 6.45) is -1.09. The van der Waals surface area contributed by atoms with Gasteiger partial charge in [-0.05, 0) is 36.4 Å². The van der Waals surface area contributed by atoms with Crippen molar-refractivity contribution in [3.05, 3.63) is 53.5 Å². The number of thiazole rings is 1. The van der Waals surface area contributed by atoms with Gasteiger partial charge in [-0.15, -0.1) is 11.3 Å². The van der Waals surface area contributed by atoms with Gasteiger partial charge in [-0.2, -0.15) is 0 Å². The van der Waals surface area contributed by atoms with Gasteiger partial charge >= 0.3 is 6.09 Å². The molecule has 0 fully saturated rings. The van der Waals surface area contributed by atoms with E-state index < -0.39 is 6.09 Å². The highest BCUT2D eigenvalue weighted by molar-refractivity contribution is 7.18. The lowest BCUT2D eigenvalue weighted by Gasteiger charge is -2.05. The molecule has 0 atom stereocenters. The Morgan fingerprint density at radius 3 is 2.67 bits per heavy atom. The Labute approximate surface area is 124 Å². The second-order valence-electron chi connectivity index (χ2n) is 4.32. The van der Waals surface area contributed by atoms with E-state index in [9.17, 15) is 4.79 Å². The van der Waals surface area contributed by atoms with Gasteiger partial charge in [0.25, 0.3) is 0 Å². The third-order valence-corrected chi connectivity index (χ3v) is 3.82. The third kappa shape index (κ3) is 3.29. The van der Waals surface area contributed by atoms with Crippen LogP contribution in [-0.4, -0.2) is 16.2 Å². The summed E-state index contributed by atoms with van der Waals surface area (Å²) >= 11 is 1.60. The molecular formula is C15H12N2O3S. The van der Waals surface area contributed by atoms with Crippen molar-refractivity contribution in [2.24, 2.45) is 0 Å². The zero-order chi connectivity index (χ0) is 14.7. The quantitative estimate of drug-likeness (QED) is 0.765. The van der Waals surface area contributed by atoms with Crippen LogP contribution in [0.5, 0.6) is 5.75 Å². The molecule has 0 unspecified atom stereocenters. The predicted octanol–water partition coefficient (Wildman–Crippen LogP) is 3.97. The molecule has 0 radical (unpaired) electrons. The summed E-state index contributed by atoms with van der Waals surface area (Å²) in [6, 6.07) is 14.7. The molecule has 0 aliphatic rings. The fourth-order valence-electron chi connectivity index (χ4n) is 1.88. The fourth-order valence-corrected chi connectivity index (χ4v) is 2.77. The minimum atomic E-state index is -1.09. The summed E-state index contributed by atoms with van der Waals surface area (Å²) < 4.78 is 6.79. The maximum Gasteiger partial charge on any atom is 0.409 e. The SMILES string of the molecule is O=C(O)Nc1ccc(OCc2nc3ccccc3s2)cc1. The number of rotatable bonds is 4. The molecule has 5 nitrogen and oxygen atoms in total. The number of fused-ring (bicyclic) bond motifs is 1. The first-order valence-corrected chi connectivity index (χ1v) is 7.09. The summed E-state index contributed by atoms with van der Waals surface area (Å²) in [5.41, 5.74) is 1.48. The number of nitrogens with zero attached hydrogens (tertiary/aromatic N) is 1. The Morgan fingerprint density at radius 2 is 1.95 bits per heavy atom. The van der Waals surface area contributed by atoms with Crippen molar-refractivity contribution in [3.8, 4) is 5.75 Å². The molecule has 2 N–H and O–H groups in total. The number of anilines is 1. The van der Waals surface area contributed by atoms with Crippen LogP contribution in [0.1, 0.15) is 5.01 Å². The van der Waals surface area contributed by atoms with Crippen molar-refractivity contribution < 1.29 is 14.6 Å². The van der Waals surface area contributed by atoms with Gasteiger partial charge in [0.15, 0.2) is 0 Å². The van der Waals surface area contributed by atoms with Gasteiger partial charge in [-0.1, -0.05) is 12.1 Å². The zero-order valence-electron chi connectivity index (χ0n) is 10.9. The number of para-hydroxylation sites is 1. The molecule has 0 saturated carbocycles. The highest BCUT2D eigenvalue weighted by Crippen LogP contribution is 2.23. The van der Waals surface area contributed by atoms with E-state index >= 15 is 0 Å². The minimum absolute atomic E-state index is 0.394. The maximum absolute atomic E-state index is 10.5. The summed E-state index contributed by atoms with van der Waals surface area (Å²) in [5.74, 6) is 0.671. The second-order valence-corrected chi connectivity index (χ2v) is 5.43. The van der Waals surface area contributed by atoms with Crippen molar-refractivity contribution in [2.75, 3.05) is 5.32 Å². The lowest BCUT2D eigenvalue weighted by atomic mass is 10.3. The Balaban J connectivity index is 1.65. The largest absolute Gasteiger partial charge is 0.486 e. The first-order valence-electron chi connectivity index (χ1n) is 6.28. The van der Waals surface area contributed by atoms with E-state index in [0.29, 0.717) is 18.0 Å². The molecule has 21 heavy (non-hydrogen) atoms. The molecule has 3 aromatic rings. The van der Waals surface area contributed by atoms with Gasteiger partial charge in [-0.3, -0.25) is 5.32 Å². The molecule has 0 spiro atoms. The number of aromatic nitrogens is 1. The topological polar surface area (TPSA) is 71.5 Å². The van der Waals surface area contributed by atoms with E-state index in [1.54, 1.807) is 35.6 Å². The van der Waals surface area contributed by atoms with Crippen LogP contribution in [0.15, 0.2) is 48.5 Å². The number of benzene rings is 2. The number of ether oxygens (including phenoxy) is 1. The number of hydrogen-bond donors (Lipinski definition) is 2. The smallest absolute Gasteiger partial charge is 0.409 e. The van der Waals surface area contributed by atoms with Crippen LogP contribution >= 0.6 is 11.3 Å². The van der Waals surface area contributed by atoms with Gasteiger partial charge in [0.2, 0.25) is 0 Å². The normalized spacial score (nSPS) is 10.5. The molecule has 0 bridgehead atoms. The van der Waals surface area contributed by atoms with Crippen molar-refractivity contribution in [3.63, 3.8) is 0 Å². The summed E-state index contributed by atoms with van der Waals surface area (Å²) in [5, 5.41) is 11.8. The van der Waals surface area contributed by atoms with E-state index in [1.807, 2.05) is 24.3 Å². The number of carboxylic acid groups (broad SMARTS) is 1. The van der Waals surface area contributed by atoms with E-state index in [2.05, 4.69) is 10.3 Å². The molecule has 0 aliphatic heterocycles. The number of nitrogens with one attached hydrogen (secondary N) is 1. The van der Waals surface area contributed by atoms with Crippen LogP contribution in [0, 0.1) is 0 Å². The van der Waals surface area contributed by atoms with Crippen LogP contribution in [0.3, 0.4) is 0 Å². The summed E-state index contributed by atoms with van der Waals surface area (Å²) in [7, 11) is 0. The van der Waals surface area contributed by atoms with Crippen LogP contribution in [0.4, 0.5) is 10.5 Å². The summed E-state index contributed by atoms with van der Waals surface area (Å²) in [4.78, 5) is 15.0. The molecular weight excluding hydrogens is 288 g/mol. The molecule has 0 saturated heterocycles. The van der Waals surface area contributed by atoms with E-state index in [0.717, 1.165) is 15.2 Å². The van der Waals surface area contributed by atoms with E-state index in [-0.39, 0.29) is 0 Å². The molecule has 1 aromatic heterocycles. The number of hydrogen-bond acceptors (Lipinski definition) is 4. The van der Waals surface area contributed by atoms with Crippen LogP contribution in [0.25, 0.3) is 10.2 Å². The van der Waals surface area contributed by atoms with Crippen molar-refractivity contribution in [1.29, 1.82) is 0 Å². The monoisotopic (exact) mass is 300 g/mol. The summed E-state index contributed by atoms with van der Waals surface area (Å²) in [6.45, 7) is 0.394. The van der Waals surface area contributed by atoms with E-state index in [4.69, 9.17) is 9.84 Å². The molecule has 106 valence electrons. The Kier molecular flexibility index (Phi) is 3.70. The average molecular weight is 300 g/mol. The third-order valence-electron chi connectivity index (χ3n) is 2.81. The van der Waals surface area contributed by atoms with Gasteiger partial charge in [0.1, 0.15) is 17.4 Å². The lowest BCUT2D eigenvalue weighted by Crippen LogP contribution is -2.06. The number of amides is 1. The molecule has 0 aliphatic carbocycles. The maximum atomic E-state index is 10.5. The van der Waals surface area contributed by atoms with Crippen LogP contribution in [0.2, 0.25) is 0 Å². The van der Waals surface area contributed by atoms with Crippen LogP contribution in [-0.2, 0) is 6.61 Å². The predicted molar refractivity (Wildman–Crippen MR) is 82.0 cm³/mol. The van der Waals surface area contributed by atoms with Crippen molar-refractivity contribution in [1.82, 2.24) is 4.98 Å². The minimum Gasteiger partial charge on any atom is -0.486 e. The van der Waals surface area contributed by atoms with Gasteiger partial charge < -0.3 is 9.84 Å².